The number of fused-ring (bicyclic) bond motifs is 9. The number of para-hydroxylation sites is 4. The molecule has 2 heterocycles. The molecule has 0 saturated heterocycles. The summed E-state index contributed by atoms with van der Waals surface area (Å²) in [5, 5.41) is 14.4. The second-order valence-electron chi connectivity index (χ2n) is 18.9. The summed E-state index contributed by atoms with van der Waals surface area (Å²) in [7, 11) is -3.77. The van der Waals surface area contributed by atoms with E-state index in [1.165, 1.54) is 70.4 Å². The van der Waals surface area contributed by atoms with E-state index in [0.717, 1.165) is 44.7 Å². The molecule has 308 valence electrons. The molecule has 0 radical (unpaired) electrons. The molecule has 5 heteroatoms. The molecule has 12 rings (SSSR count). The first-order chi connectivity index (χ1) is 31.1. The summed E-state index contributed by atoms with van der Waals surface area (Å²) in [6, 6.07) is 74.2. The Balaban J connectivity index is 1.09. The Kier molecular flexibility index (Phi) is 8.68. The molecule has 1 aromatic heterocycles. The van der Waals surface area contributed by atoms with Gasteiger partial charge in [-0.25, -0.2) is 0 Å². The molecule has 64 heavy (non-hydrogen) atoms. The van der Waals surface area contributed by atoms with Crippen molar-refractivity contribution in [3.63, 3.8) is 0 Å². The second-order valence-corrected chi connectivity index (χ2v) is 28.3. The van der Waals surface area contributed by atoms with Crippen LogP contribution in [0, 0.1) is 0 Å². The van der Waals surface area contributed by atoms with Gasteiger partial charge in [0.05, 0.1) is 19.4 Å². The molecule has 0 unspecified atom stereocenters. The van der Waals surface area contributed by atoms with Crippen molar-refractivity contribution in [3.05, 3.63) is 200 Å². The highest BCUT2D eigenvalue weighted by Gasteiger charge is 2.37. The van der Waals surface area contributed by atoms with Gasteiger partial charge < -0.3 is 14.2 Å². The molecular weight excluding hydrogens is 809 g/mol. The molecule has 1 aliphatic heterocycles. The number of benzene rings is 10. The van der Waals surface area contributed by atoms with E-state index in [-0.39, 0.29) is 0 Å². The highest BCUT2D eigenvalue weighted by atomic mass is 28.3. The minimum atomic E-state index is -2.28. The van der Waals surface area contributed by atoms with E-state index < -0.39 is 16.1 Å². The average Bonchev–Trinajstić information content (AvgIpc) is 3.71. The maximum absolute atomic E-state index is 6.68. The molecule has 3 nitrogen and oxygen atoms in total. The van der Waals surface area contributed by atoms with Gasteiger partial charge >= 0.3 is 0 Å². The van der Waals surface area contributed by atoms with Crippen LogP contribution in [0.15, 0.2) is 205 Å². The molecule has 0 spiro atoms. The van der Waals surface area contributed by atoms with Crippen molar-refractivity contribution in [2.75, 3.05) is 9.80 Å². The van der Waals surface area contributed by atoms with E-state index in [1.807, 2.05) is 6.07 Å². The van der Waals surface area contributed by atoms with E-state index >= 15 is 0 Å². The molecule has 0 amide bonds. The van der Waals surface area contributed by atoms with E-state index in [9.17, 15) is 0 Å². The van der Waals surface area contributed by atoms with Crippen LogP contribution in [0.25, 0.3) is 65.4 Å². The molecule has 11 aromatic rings. The van der Waals surface area contributed by atoms with Gasteiger partial charge in [0.15, 0.2) is 5.58 Å². The third-order valence-electron chi connectivity index (χ3n) is 13.8. The van der Waals surface area contributed by atoms with Crippen molar-refractivity contribution in [2.24, 2.45) is 0 Å². The fraction of sp³-hybridized carbons (Fsp3) is 0.0847. The first-order valence-electron chi connectivity index (χ1n) is 22.4. The standard InChI is InChI=1S/C59H48N2OSi2/c1-63(2,3)43-33-30-41(31-34-43)60(39-18-8-6-9-19-39)54-38-51-48-25-17-29-56-58(48)52(37-50(51)44-22-12-13-23-45(44)54)47-35-32-42(36-57(47)64(56,4)5)61(40-20-10-7-11-21-40)53-27-16-26-49-46-24-14-15-28-55(46)62-59(49)53/h6-38H,1-5H3. The lowest BCUT2D eigenvalue weighted by Crippen LogP contribution is -2.56. The lowest BCUT2D eigenvalue weighted by Gasteiger charge is -2.36. The van der Waals surface area contributed by atoms with Gasteiger partial charge in [-0.1, -0.05) is 165 Å². The first kappa shape index (κ1) is 38.5. The highest BCUT2D eigenvalue weighted by molar-refractivity contribution is 7.03. The minimum absolute atomic E-state index is 0.893. The minimum Gasteiger partial charge on any atom is -0.454 e. The fourth-order valence-corrected chi connectivity index (χ4v) is 14.8. The summed E-state index contributed by atoms with van der Waals surface area (Å²) in [4.78, 5) is 4.85. The van der Waals surface area contributed by atoms with Crippen molar-refractivity contribution in [1.82, 2.24) is 0 Å². The summed E-state index contributed by atoms with van der Waals surface area (Å²) in [5.41, 5.74) is 11.2. The first-order valence-corrected chi connectivity index (χ1v) is 28.9. The van der Waals surface area contributed by atoms with Crippen LogP contribution in [0.1, 0.15) is 0 Å². The molecular formula is C59H48N2OSi2. The molecule has 1 aliphatic rings. The van der Waals surface area contributed by atoms with Crippen LogP contribution in [0.3, 0.4) is 0 Å². The highest BCUT2D eigenvalue weighted by Crippen LogP contribution is 2.48. The molecule has 0 bridgehead atoms. The van der Waals surface area contributed by atoms with Crippen LogP contribution in [-0.2, 0) is 0 Å². The Morgan fingerprint density at radius 1 is 0.391 bits per heavy atom. The fourth-order valence-electron chi connectivity index (χ4n) is 10.6. The van der Waals surface area contributed by atoms with Gasteiger partial charge in [0.25, 0.3) is 0 Å². The van der Waals surface area contributed by atoms with Gasteiger partial charge in [-0.2, -0.15) is 0 Å². The summed E-state index contributed by atoms with van der Waals surface area (Å²) in [6.07, 6.45) is 0. The predicted molar refractivity (Wildman–Crippen MR) is 281 cm³/mol. The Labute approximate surface area is 376 Å². The van der Waals surface area contributed by atoms with Gasteiger partial charge in [0.2, 0.25) is 0 Å². The number of nitrogens with zero attached hydrogens (tertiary/aromatic N) is 2. The third-order valence-corrected chi connectivity index (χ3v) is 19.3. The van der Waals surface area contributed by atoms with Crippen LogP contribution in [0.2, 0.25) is 32.7 Å². The Hall–Kier alpha value is -7.19. The summed E-state index contributed by atoms with van der Waals surface area (Å²) >= 11 is 0. The quantitative estimate of drug-likeness (QED) is 0.118. The maximum Gasteiger partial charge on any atom is 0.159 e. The summed E-state index contributed by atoms with van der Waals surface area (Å²) in [6.45, 7) is 12.3. The van der Waals surface area contributed by atoms with Crippen molar-refractivity contribution in [2.45, 2.75) is 32.7 Å². The van der Waals surface area contributed by atoms with Crippen LogP contribution >= 0.6 is 0 Å². The van der Waals surface area contributed by atoms with Gasteiger partial charge in [0, 0.05) is 38.9 Å². The zero-order chi connectivity index (χ0) is 43.3. The predicted octanol–water partition coefficient (Wildman–Crippen LogP) is 15.3. The summed E-state index contributed by atoms with van der Waals surface area (Å²) in [5.74, 6) is 0. The third kappa shape index (κ3) is 5.92. The molecule has 0 saturated carbocycles. The molecule has 0 aliphatic carbocycles. The largest absolute Gasteiger partial charge is 0.454 e. The van der Waals surface area contributed by atoms with Crippen LogP contribution in [0.4, 0.5) is 34.1 Å². The van der Waals surface area contributed by atoms with E-state index in [4.69, 9.17) is 4.42 Å². The van der Waals surface area contributed by atoms with Crippen LogP contribution < -0.4 is 25.4 Å². The smallest absolute Gasteiger partial charge is 0.159 e. The number of anilines is 6. The average molecular weight is 857 g/mol. The van der Waals surface area contributed by atoms with Gasteiger partial charge in [-0.05, 0) is 121 Å². The maximum atomic E-state index is 6.68. The number of furan rings is 1. The topological polar surface area (TPSA) is 19.6 Å². The lowest BCUT2D eigenvalue weighted by molar-refractivity contribution is 0.669. The van der Waals surface area contributed by atoms with E-state index in [0.29, 0.717) is 0 Å². The van der Waals surface area contributed by atoms with Gasteiger partial charge in [-0.3, -0.25) is 0 Å². The van der Waals surface area contributed by atoms with E-state index in [2.05, 4.69) is 237 Å². The van der Waals surface area contributed by atoms with Crippen LogP contribution in [0.5, 0.6) is 0 Å². The zero-order valence-electron chi connectivity index (χ0n) is 36.9. The molecule has 0 atom stereocenters. The van der Waals surface area contributed by atoms with Crippen molar-refractivity contribution in [1.29, 1.82) is 0 Å². The zero-order valence-corrected chi connectivity index (χ0v) is 38.9. The number of hydrogen-bond donors (Lipinski definition) is 0. The van der Waals surface area contributed by atoms with Crippen molar-refractivity contribution >= 4 is 120 Å². The van der Waals surface area contributed by atoms with Gasteiger partial charge in [-0.15, -0.1) is 0 Å². The Morgan fingerprint density at radius 2 is 0.953 bits per heavy atom. The van der Waals surface area contributed by atoms with Crippen molar-refractivity contribution in [3.8, 4) is 11.1 Å². The monoisotopic (exact) mass is 856 g/mol. The van der Waals surface area contributed by atoms with E-state index in [1.54, 1.807) is 0 Å². The second kappa shape index (κ2) is 14.4. The normalized spacial score (nSPS) is 13.2. The molecule has 0 fully saturated rings. The Morgan fingerprint density at radius 3 is 1.67 bits per heavy atom. The van der Waals surface area contributed by atoms with Gasteiger partial charge in [0.1, 0.15) is 13.7 Å². The number of rotatable bonds is 7. The molecule has 0 N–H and O–H groups in total. The Bertz CT molecular complexity index is 3630. The molecule has 10 aromatic carbocycles. The lowest BCUT2D eigenvalue weighted by atomic mass is 9.89. The van der Waals surface area contributed by atoms with Crippen molar-refractivity contribution < 1.29 is 4.42 Å². The summed E-state index contributed by atoms with van der Waals surface area (Å²) < 4.78 is 6.68. The van der Waals surface area contributed by atoms with Crippen LogP contribution in [-0.4, -0.2) is 16.1 Å². The number of hydrogen-bond acceptors (Lipinski definition) is 3. The SMILES string of the molecule is C[Si](C)(C)c1ccc(N(c2ccccc2)c2cc3c4cccc5c4c(cc3c3ccccc23)-c2ccc(N(c3ccccc3)c3cccc4c3oc3ccccc34)cc2[Si]5(C)C)cc1.